The van der Waals surface area contributed by atoms with Crippen molar-refractivity contribution in [3.8, 4) is 0 Å². The molecule has 0 aromatic carbocycles. The standard InChI is InChI=1S/C14H21NO3S2/c1-4-11(5-2)15(10(3)16)8-9-19-13-7-6-12(20-13)14(17)18/h6-7,11H,4-5,8-9H2,1-3H3,(H,17,18). The minimum Gasteiger partial charge on any atom is -0.477 e. The minimum atomic E-state index is -0.885. The highest BCUT2D eigenvalue weighted by Gasteiger charge is 2.17. The molecule has 0 atom stereocenters. The molecule has 0 saturated carbocycles. The average Bonchev–Trinajstić information content (AvgIpc) is 2.87. The van der Waals surface area contributed by atoms with Crippen molar-refractivity contribution in [1.82, 2.24) is 4.90 Å². The fraction of sp³-hybridized carbons (Fsp3) is 0.571. The third kappa shape index (κ3) is 4.83. The van der Waals surface area contributed by atoms with Gasteiger partial charge in [0.1, 0.15) is 4.88 Å². The van der Waals surface area contributed by atoms with Crippen LogP contribution >= 0.6 is 23.1 Å². The maximum absolute atomic E-state index is 11.7. The van der Waals surface area contributed by atoms with E-state index in [0.717, 1.165) is 22.8 Å². The number of carboxylic acids is 1. The zero-order chi connectivity index (χ0) is 15.1. The SMILES string of the molecule is CCC(CC)N(CCSc1ccc(C(=O)O)s1)C(C)=O. The molecule has 0 aliphatic rings. The average molecular weight is 315 g/mol. The number of hydrogen-bond donors (Lipinski definition) is 1. The molecule has 0 aliphatic carbocycles. The summed E-state index contributed by atoms with van der Waals surface area (Å²) in [5, 5.41) is 8.87. The first-order valence-electron chi connectivity index (χ1n) is 6.72. The Morgan fingerprint density at radius 3 is 2.45 bits per heavy atom. The molecule has 0 bridgehead atoms. The molecule has 1 aromatic heterocycles. The molecule has 0 spiro atoms. The molecule has 1 aromatic rings. The number of carboxylic acid groups (broad SMARTS) is 1. The van der Waals surface area contributed by atoms with E-state index in [2.05, 4.69) is 13.8 Å². The zero-order valence-electron chi connectivity index (χ0n) is 12.1. The first-order valence-corrected chi connectivity index (χ1v) is 8.52. The van der Waals surface area contributed by atoms with Gasteiger partial charge in [0, 0.05) is 25.3 Å². The quantitative estimate of drug-likeness (QED) is 0.745. The summed E-state index contributed by atoms with van der Waals surface area (Å²) in [5.41, 5.74) is 0. The van der Waals surface area contributed by atoms with Gasteiger partial charge in [0.15, 0.2) is 0 Å². The van der Waals surface area contributed by atoms with Crippen LogP contribution in [-0.2, 0) is 4.79 Å². The lowest BCUT2D eigenvalue weighted by molar-refractivity contribution is -0.131. The van der Waals surface area contributed by atoms with Crippen molar-refractivity contribution in [3.63, 3.8) is 0 Å². The molecule has 0 unspecified atom stereocenters. The lowest BCUT2D eigenvalue weighted by Crippen LogP contribution is -2.39. The molecule has 20 heavy (non-hydrogen) atoms. The molecule has 0 aliphatic heterocycles. The van der Waals surface area contributed by atoms with Crippen LogP contribution in [0.25, 0.3) is 0 Å². The van der Waals surface area contributed by atoms with Crippen molar-refractivity contribution in [1.29, 1.82) is 0 Å². The van der Waals surface area contributed by atoms with Crippen LogP contribution in [0.5, 0.6) is 0 Å². The maximum atomic E-state index is 11.7. The second-order valence-electron chi connectivity index (χ2n) is 4.46. The number of thiophene rings is 1. The van der Waals surface area contributed by atoms with Gasteiger partial charge in [0.2, 0.25) is 5.91 Å². The van der Waals surface area contributed by atoms with Gasteiger partial charge in [0.25, 0.3) is 0 Å². The highest BCUT2D eigenvalue weighted by atomic mass is 32.2. The van der Waals surface area contributed by atoms with Crippen LogP contribution in [0.3, 0.4) is 0 Å². The van der Waals surface area contributed by atoms with E-state index in [-0.39, 0.29) is 5.91 Å². The summed E-state index contributed by atoms with van der Waals surface area (Å²) in [6.07, 6.45) is 1.92. The minimum absolute atomic E-state index is 0.108. The number of amides is 1. The van der Waals surface area contributed by atoms with Crippen LogP contribution in [0.1, 0.15) is 43.3 Å². The number of thioether (sulfide) groups is 1. The van der Waals surface area contributed by atoms with Gasteiger partial charge in [-0.2, -0.15) is 0 Å². The van der Waals surface area contributed by atoms with Crippen LogP contribution in [0, 0.1) is 0 Å². The Hall–Kier alpha value is -1.01. The fourth-order valence-electron chi connectivity index (χ4n) is 2.08. The molecule has 1 N–H and O–H groups in total. The lowest BCUT2D eigenvalue weighted by Gasteiger charge is -2.29. The van der Waals surface area contributed by atoms with E-state index in [9.17, 15) is 9.59 Å². The van der Waals surface area contributed by atoms with Crippen molar-refractivity contribution in [2.75, 3.05) is 12.3 Å². The Labute approximate surface area is 128 Å². The lowest BCUT2D eigenvalue weighted by atomic mass is 10.1. The van der Waals surface area contributed by atoms with Gasteiger partial charge in [-0.05, 0) is 25.0 Å². The molecule has 6 heteroatoms. The largest absolute Gasteiger partial charge is 0.477 e. The predicted molar refractivity (Wildman–Crippen MR) is 83.8 cm³/mol. The summed E-state index contributed by atoms with van der Waals surface area (Å²) in [6, 6.07) is 3.75. The van der Waals surface area contributed by atoms with E-state index >= 15 is 0 Å². The van der Waals surface area contributed by atoms with E-state index < -0.39 is 5.97 Å². The Bertz CT molecular complexity index is 455. The van der Waals surface area contributed by atoms with Gasteiger partial charge in [-0.15, -0.1) is 23.1 Å². The number of hydrogen-bond acceptors (Lipinski definition) is 4. The molecule has 1 rings (SSSR count). The summed E-state index contributed by atoms with van der Waals surface area (Å²) in [7, 11) is 0. The van der Waals surface area contributed by atoms with Gasteiger partial charge in [-0.1, -0.05) is 13.8 Å². The Balaban J connectivity index is 2.51. The van der Waals surface area contributed by atoms with Crippen LogP contribution in [-0.4, -0.2) is 40.2 Å². The molecular weight excluding hydrogens is 294 g/mol. The fourth-order valence-corrected chi connectivity index (χ4v) is 4.07. The topological polar surface area (TPSA) is 57.6 Å². The van der Waals surface area contributed by atoms with Crippen molar-refractivity contribution >= 4 is 35.0 Å². The van der Waals surface area contributed by atoms with Crippen molar-refractivity contribution in [2.45, 2.75) is 43.9 Å². The molecular formula is C14H21NO3S2. The smallest absolute Gasteiger partial charge is 0.345 e. The van der Waals surface area contributed by atoms with Crippen molar-refractivity contribution < 1.29 is 14.7 Å². The van der Waals surface area contributed by atoms with Gasteiger partial charge in [-0.25, -0.2) is 4.79 Å². The van der Waals surface area contributed by atoms with E-state index in [1.54, 1.807) is 24.8 Å². The Morgan fingerprint density at radius 2 is 2.00 bits per heavy atom. The van der Waals surface area contributed by atoms with Gasteiger partial charge < -0.3 is 10.0 Å². The second kappa shape index (κ2) is 8.32. The molecule has 112 valence electrons. The summed E-state index contributed by atoms with van der Waals surface area (Å²) in [4.78, 5) is 24.8. The molecule has 1 heterocycles. The summed E-state index contributed by atoms with van der Waals surface area (Å²) < 4.78 is 0.982. The summed E-state index contributed by atoms with van der Waals surface area (Å²) in [6.45, 7) is 6.49. The maximum Gasteiger partial charge on any atom is 0.345 e. The highest BCUT2D eigenvalue weighted by molar-refractivity contribution is 8.01. The summed E-state index contributed by atoms with van der Waals surface area (Å²) in [5.74, 6) is 0.0105. The Kier molecular flexibility index (Phi) is 7.09. The molecule has 0 saturated heterocycles. The summed E-state index contributed by atoms with van der Waals surface area (Å²) >= 11 is 2.89. The van der Waals surface area contributed by atoms with Crippen LogP contribution in [0.15, 0.2) is 16.3 Å². The van der Waals surface area contributed by atoms with E-state index in [4.69, 9.17) is 5.11 Å². The van der Waals surface area contributed by atoms with Gasteiger partial charge in [0.05, 0.1) is 4.21 Å². The van der Waals surface area contributed by atoms with E-state index in [0.29, 0.717) is 17.5 Å². The third-order valence-corrected chi connectivity index (χ3v) is 5.44. The van der Waals surface area contributed by atoms with Gasteiger partial charge >= 0.3 is 5.97 Å². The van der Waals surface area contributed by atoms with Crippen molar-refractivity contribution in [2.24, 2.45) is 0 Å². The highest BCUT2D eigenvalue weighted by Crippen LogP contribution is 2.27. The molecule has 4 nitrogen and oxygen atoms in total. The van der Waals surface area contributed by atoms with Crippen LogP contribution < -0.4 is 0 Å². The predicted octanol–water partition coefficient (Wildman–Crippen LogP) is 3.58. The number of aromatic carboxylic acids is 1. The van der Waals surface area contributed by atoms with E-state index in [1.807, 2.05) is 11.0 Å². The number of nitrogens with zero attached hydrogens (tertiary/aromatic N) is 1. The van der Waals surface area contributed by atoms with Crippen molar-refractivity contribution in [3.05, 3.63) is 17.0 Å². The zero-order valence-corrected chi connectivity index (χ0v) is 13.7. The second-order valence-corrected chi connectivity index (χ2v) is 6.93. The number of carbonyl (C=O) groups is 2. The molecule has 1 amide bonds. The molecule has 0 fully saturated rings. The molecule has 0 radical (unpaired) electrons. The number of rotatable bonds is 8. The first-order chi connectivity index (χ1) is 9.49. The van der Waals surface area contributed by atoms with Gasteiger partial charge in [-0.3, -0.25) is 4.79 Å². The van der Waals surface area contributed by atoms with E-state index in [1.165, 1.54) is 11.3 Å². The monoisotopic (exact) mass is 315 g/mol. The number of carbonyl (C=O) groups excluding carboxylic acids is 1. The van der Waals surface area contributed by atoms with Crippen LogP contribution in [0.4, 0.5) is 0 Å². The normalized spacial score (nSPS) is 10.8. The first kappa shape index (κ1) is 17.0. The third-order valence-electron chi connectivity index (χ3n) is 3.16. The Morgan fingerprint density at radius 1 is 1.35 bits per heavy atom. The van der Waals surface area contributed by atoms with Crippen LogP contribution in [0.2, 0.25) is 0 Å².